The Labute approximate surface area is 53.3 Å². The molecule has 0 atom stereocenters. The van der Waals surface area contributed by atoms with Crippen molar-refractivity contribution >= 4 is 7.98 Å². The number of nitrogens with one attached hydrogen (secondary N) is 1. The quantitative estimate of drug-likeness (QED) is 0.531. The zero-order valence-corrected chi connectivity index (χ0v) is 6.41. The van der Waals surface area contributed by atoms with Crippen molar-refractivity contribution in [2.75, 3.05) is 0 Å². The van der Waals surface area contributed by atoms with Gasteiger partial charge in [0.15, 0.2) is 7.98 Å². The van der Waals surface area contributed by atoms with Crippen LogP contribution >= 0.6 is 0 Å². The molecule has 0 saturated carbocycles. The maximum Gasteiger partial charge on any atom is 0.182 e. The van der Waals surface area contributed by atoms with Crippen LogP contribution in [0.5, 0.6) is 0 Å². The predicted octanol–water partition coefficient (Wildman–Crippen LogP) is 0.703. The Bertz CT molecular complexity index is 61.5. The van der Waals surface area contributed by atoms with E-state index < -0.39 is 0 Å². The topological polar surface area (TPSA) is 12.0 Å². The molecule has 0 aromatic heterocycles. The van der Waals surface area contributed by atoms with E-state index >= 15 is 0 Å². The van der Waals surface area contributed by atoms with Crippen LogP contribution in [-0.4, -0.2) is 13.5 Å². The Balaban J connectivity index is 3.37. The van der Waals surface area contributed by atoms with Gasteiger partial charge in [-0.15, -0.1) is 0 Å². The lowest BCUT2D eigenvalue weighted by atomic mass is 9.97. The molecule has 0 rings (SSSR count). The van der Waals surface area contributed by atoms with Crippen LogP contribution in [-0.2, 0) is 0 Å². The Hall–Kier alpha value is 0.0249. The average Bonchev–Trinajstić information content (AvgIpc) is 1.67. The van der Waals surface area contributed by atoms with Gasteiger partial charge in [-0.2, -0.15) is 0 Å². The molecule has 0 aromatic carbocycles. The molecule has 0 fully saturated rings. The second kappa shape index (κ2) is 3.13. The zero-order chi connectivity index (χ0) is 6.62. The Kier molecular flexibility index (Phi) is 3.14. The minimum atomic E-state index is 0.342. The van der Waals surface area contributed by atoms with Gasteiger partial charge in [-0.1, -0.05) is 13.3 Å². The Morgan fingerprint density at radius 2 is 2.00 bits per heavy atom. The standard InChI is InChI=1S/C6H16BN/c1-4-5-6(2,3)8-7/h8H,4-5,7H2,1-3H3. The van der Waals surface area contributed by atoms with Gasteiger partial charge in [0.25, 0.3) is 0 Å². The van der Waals surface area contributed by atoms with Crippen molar-refractivity contribution in [3.05, 3.63) is 0 Å². The highest BCUT2D eigenvalue weighted by Crippen LogP contribution is 2.08. The molecule has 0 heterocycles. The van der Waals surface area contributed by atoms with Gasteiger partial charge >= 0.3 is 0 Å². The van der Waals surface area contributed by atoms with E-state index in [4.69, 9.17) is 0 Å². The Morgan fingerprint density at radius 3 is 2.12 bits per heavy atom. The molecule has 0 aliphatic carbocycles. The second-order valence-electron chi connectivity index (χ2n) is 2.88. The van der Waals surface area contributed by atoms with Crippen molar-refractivity contribution in [3.63, 3.8) is 0 Å². The highest BCUT2D eigenvalue weighted by molar-refractivity contribution is 6.04. The summed E-state index contributed by atoms with van der Waals surface area (Å²) in [7, 11) is 2.01. The summed E-state index contributed by atoms with van der Waals surface area (Å²) in [6.45, 7) is 6.64. The van der Waals surface area contributed by atoms with Crippen LogP contribution < -0.4 is 5.23 Å². The van der Waals surface area contributed by atoms with E-state index in [9.17, 15) is 0 Å². The summed E-state index contributed by atoms with van der Waals surface area (Å²) in [6, 6.07) is 0. The van der Waals surface area contributed by atoms with Crippen molar-refractivity contribution in [2.45, 2.75) is 39.2 Å². The molecule has 0 aliphatic heterocycles. The molecule has 0 amide bonds. The van der Waals surface area contributed by atoms with Crippen molar-refractivity contribution in [1.82, 2.24) is 5.23 Å². The second-order valence-corrected chi connectivity index (χ2v) is 2.88. The molecular weight excluding hydrogens is 96.9 g/mol. The van der Waals surface area contributed by atoms with Gasteiger partial charge in [-0.05, 0) is 20.3 Å². The normalized spacial score (nSPS) is 11.9. The predicted molar refractivity (Wildman–Crippen MR) is 40.7 cm³/mol. The molecule has 0 spiro atoms. The van der Waals surface area contributed by atoms with Crippen LogP contribution in [0, 0.1) is 0 Å². The van der Waals surface area contributed by atoms with Gasteiger partial charge in [0.1, 0.15) is 0 Å². The third-order valence-corrected chi connectivity index (χ3v) is 1.55. The summed E-state index contributed by atoms with van der Waals surface area (Å²) in [5, 5.41) is 3.24. The monoisotopic (exact) mass is 113 g/mol. The smallest absolute Gasteiger partial charge is 0.182 e. The van der Waals surface area contributed by atoms with Crippen molar-refractivity contribution in [1.29, 1.82) is 0 Å². The zero-order valence-electron chi connectivity index (χ0n) is 6.41. The van der Waals surface area contributed by atoms with Gasteiger partial charge in [0.2, 0.25) is 0 Å². The molecule has 0 aliphatic rings. The van der Waals surface area contributed by atoms with Gasteiger partial charge in [0, 0.05) is 5.54 Å². The molecule has 1 N–H and O–H groups in total. The average molecular weight is 113 g/mol. The summed E-state index contributed by atoms with van der Waals surface area (Å²) >= 11 is 0. The van der Waals surface area contributed by atoms with E-state index in [0.29, 0.717) is 5.54 Å². The van der Waals surface area contributed by atoms with Crippen LogP contribution in [0.2, 0.25) is 0 Å². The van der Waals surface area contributed by atoms with E-state index in [1.165, 1.54) is 12.8 Å². The van der Waals surface area contributed by atoms with Crippen LogP contribution in [0.4, 0.5) is 0 Å². The molecule has 1 nitrogen and oxygen atoms in total. The van der Waals surface area contributed by atoms with Crippen LogP contribution in [0.25, 0.3) is 0 Å². The van der Waals surface area contributed by atoms with Gasteiger partial charge in [0.05, 0.1) is 0 Å². The van der Waals surface area contributed by atoms with Gasteiger partial charge in [-0.25, -0.2) is 0 Å². The fourth-order valence-corrected chi connectivity index (χ4v) is 0.750. The van der Waals surface area contributed by atoms with Crippen molar-refractivity contribution in [3.8, 4) is 0 Å². The van der Waals surface area contributed by atoms with Crippen LogP contribution in [0.3, 0.4) is 0 Å². The van der Waals surface area contributed by atoms with E-state index in [2.05, 4.69) is 26.0 Å². The fraction of sp³-hybridized carbons (Fsp3) is 1.00. The summed E-state index contributed by atoms with van der Waals surface area (Å²) in [5.74, 6) is 0. The van der Waals surface area contributed by atoms with Crippen LogP contribution in [0.1, 0.15) is 33.6 Å². The SMILES string of the molecule is BNC(C)(C)CCC. The van der Waals surface area contributed by atoms with Gasteiger partial charge < -0.3 is 5.23 Å². The number of hydrogen-bond acceptors (Lipinski definition) is 1. The highest BCUT2D eigenvalue weighted by Gasteiger charge is 2.10. The maximum absolute atomic E-state index is 3.24. The number of hydrogen-bond donors (Lipinski definition) is 1. The highest BCUT2D eigenvalue weighted by atomic mass is 14.8. The summed E-state index contributed by atoms with van der Waals surface area (Å²) in [4.78, 5) is 0. The number of rotatable bonds is 3. The molecule has 48 valence electrons. The first-order chi connectivity index (χ1) is 3.62. The summed E-state index contributed by atoms with van der Waals surface area (Å²) < 4.78 is 0. The maximum atomic E-state index is 3.24. The Morgan fingerprint density at radius 1 is 1.50 bits per heavy atom. The lowest BCUT2D eigenvalue weighted by molar-refractivity contribution is 0.432. The first-order valence-electron chi connectivity index (χ1n) is 3.31. The molecule has 0 saturated heterocycles. The molecule has 0 radical (unpaired) electrons. The summed E-state index contributed by atoms with van der Waals surface area (Å²) in [5.41, 5.74) is 0.342. The van der Waals surface area contributed by atoms with Crippen molar-refractivity contribution < 1.29 is 0 Å². The van der Waals surface area contributed by atoms with Crippen LogP contribution in [0.15, 0.2) is 0 Å². The van der Waals surface area contributed by atoms with Gasteiger partial charge in [-0.3, -0.25) is 0 Å². The fourth-order valence-electron chi connectivity index (χ4n) is 0.750. The van der Waals surface area contributed by atoms with E-state index in [1.807, 2.05) is 7.98 Å². The molecule has 2 heteroatoms. The first-order valence-corrected chi connectivity index (χ1v) is 3.31. The third-order valence-electron chi connectivity index (χ3n) is 1.55. The first kappa shape index (κ1) is 8.02. The minimum Gasteiger partial charge on any atom is -0.357 e. The largest absolute Gasteiger partial charge is 0.357 e. The lowest BCUT2D eigenvalue weighted by Gasteiger charge is -2.23. The molecule has 0 unspecified atom stereocenters. The summed E-state index contributed by atoms with van der Waals surface area (Å²) in [6.07, 6.45) is 2.51. The van der Waals surface area contributed by atoms with E-state index in [1.54, 1.807) is 0 Å². The lowest BCUT2D eigenvalue weighted by Crippen LogP contribution is -2.36. The molecule has 0 bridgehead atoms. The molecule has 8 heavy (non-hydrogen) atoms. The van der Waals surface area contributed by atoms with Crippen molar-refractivity contribution in [2.24, 2.45) is 0 Å². The molecular formula is C6H16BN. The molecule has 0 aromatic rings. The minimum absolute atomic E-state index is 0.342. The van der Waals surface area contributed by atoms with E-state index in [0.717, 1.165) is 0 Å². The third kappa shape index (κ3) is 3.08. The van der Waals surface area contributed by atoms with E-state index in [-0.39, 0.29) is 0 Å².